The molecule has 3 aromatic rings. The normalized spacial score (nSPS) is 15.3. The van der Waals surface area contributed by atoms with E-state index >= 15 is 0 Å². The molecule has 5 rings (SSSR count). The van der Waals surface area contributed by atoms with E-state index < -0.39 is 0 Å². The molecule has 0 N–H and O–H groups in total. The van der Waals surface area contributed by atoms with Crippen molar-refractivity contribution in [3.63, 3.8) is 0 Å². The molecule has 2 aliphatic heterocycles. The van der Waals surface area contributed by atoms with Crippen LogP contribution in [0.3, 0.4) is 0 Å². The van der Waals surface area contributed by atoms with E-state index in [-0.39, 0.29) is 0 Å². The summed E-state index contributed by atoms with van der Waals surface area (Å²) < 4.78 is 12.1. The van der Waals surface area contributed by atoms with Crippen molar-refractivity contribution in [2.24, 2.45) is 9.98 Å². The predicted octanol–water partition coefficient (Wildman–Crippen LogP) is 5.63. The molecule has 0 saturated heterocycles. The summed E-state index contributed by atoms with van der Waals surface area (Å²) in [5.74, 6) is 1.72. The molecule has 3 aromatic carbocycles. The smallest absolute Gasteiger partial charge is 0.119 e. The molecule has 35 heavy (non-hydrogen) atoms. The van der Waals surface area contributed by atoms with Gasteiger partial charge in [-0.1, -0.05) is 17.7 Å². The van der Waals surface area contributed by atoms with Gasteiger partial charge in [0.1, 0.15) is 24.7 Å². The molecule has 0 spiro atoms. The van der Waals surface area contributed by atoms with Gasteiger partial charge in [0.05, 0.1) is 12.7 Å². The van der Waals surface area contributed by atoms with Gasteiger partial charge in [0.2, 0.25) is 0 Å². The third-order valence-electron chi connectivity index (χ3n) is 6.16. The maximum atomic E-state index is 6.07. The van der Waals surface area contributed by atoms with Crippen molar-refractivity contribution in [3.8, 4) is 11.5 Å². The third-order valence-corrected chi connectivity index (χ3v) is 6.16. The van der Waals surface area contributed by atoms with E-state index in [4.69, 9.17) is 9.47 Å². The standard InChI is InChI=1S/C29H32N4O2/c1-23-16-24(19-34-28-8-4-26(5-9-28)32-14-2-12-30-21-32)18-25(17-23)20-35-29-10-6-27(7-11-29)33-15-3-13-31-22-33/h4-11,16-18,21-22H,2-3,12-15,19-20H2,1H3. The van der Waals surface area contributed by atoms with Gasteiger partial charge < -0.3 is 19.3 Å². The highest BCUT2D eigenvalue weighted by Crippen LogP contribution is 2.23. The largest absolute Gasteiger partial charge is 0.489 e. The average molecular weight is 469 g/mol. The summed E-state index contributed by atoms with van der Waals surface area (Å²) in [5.41, 5.74) is 5.76. The summed E-state index contributed by atoms with van der Waals surface area (Å²) in [6.07, 6.45) is 6.03. The van der Waals surface area contributed by atoms with E-state index in [0.29, 0.717) is 13.2 Å². The fraction of sp³-hybridized carbons (Fsp3) is 0.310. The first kappa shape index (κ1) is 23.0. The van der Waals surface area contributed by atoms with Crippen LogP contribution in [-0.2, 0) is 13.2 Å². The van der Waals surface area contributed by atoms with Gasteiger partial charge in [-0.25, -0.2) is 0 Å². The Morgan fingerprint density at radius 3 is 1.51 bits per heavy atom. The van der Waals surface area contributed by atoms with Gasteiger partial charge >= 0.3 is 0 Å². The number of benzene rings is 3. The second-order valence-electron chi connectivity index (χ2n) is 9.03. The van der Waals surface area contributed by atoms with Crippen LogP contribution in [-0.4, -0.2) is 38.9 Å². The van der Waals surface area contributed by atoms with E-state index in [2.05, 4.69) is 69.2 Å². The molecule has 0 saturated carbocycles. The highest BCUT2D eigenvalue weighted by atomic mass is 16.5. The number of nitrogens with zero attached hydrogens (tertiary/aromatic N) is 4. The third kappa shape index (κ3) is 6.21. The monoisotopic (exact) mass is 468 g/mol. The Kier molecular flexibility index (Phi) is 7.27. The predicted molar refractivity (Wildman–Crippen MR) is 143 cm³/mol. The molecule has 2 aliphatic rings. The molecule has 0 aliphatic carbocycles. The zero-order chi connectivity index (χ0) is 23.9. The summed E-state index contributed by atoms with van der Waals surface area (Å²) in [7, 11) is 0. The van der Waals surface area contributed by atoms with Crippen LogP contribution in [0.25, 0.3) is 0 Å². The van der Waals surface area contributed by atoms with E-state index in [1.54, 1.807) is 0 Å². The first-order valence-corrected chi connectivity index (χ1v) is 12.3. The second-order valence-corrected chi connectivity index (χ2v) is 9.03. The maximum absolute atomic E-state index is 6.07. The van der Waals surface area contributed by atoms with Crippen LogP contribution >= 0.6 is 0 Å². The van der Waals surface area contributed by atoms with Crippen molar-refractivity contribution in [2.75, 3.05) is 36.0 Å². The van der Waals surface area contributed by atoms with E-state index in [1.165, 1.54) is 5.56 Å². The highest BCUT2D eigenvalue weighted by Gasteiger charge is 2.09. The Morgan fingerprint density at radius 2 is 1.11 bits per heavy atom. The minimum Gasteiger partial charge on any atom is -0.489 e. The molecule has 0 radical (unpaired) electrons. The summed E-state index contributed by atoms with van der Waals surface area (Å²) in [6, 6.07) is 22.9. The fourth-order valence-corrected chi connectivity index (χ4v) is 4.40. The number of hydrogen-bond acceptors (Lipinski definition) is 6. The second kappa shape index (κ2) is 11.1. The average Bonchev–Trinajstić information content (AvgIpc) is 2.92. The van der Waals surface area contributed by atoms with Crippen LogP contribution < -0.4 is 19.3 Å². The Morgan fingerprint density at radius 1 is 0.657 bits per heavy atom. The summed E-state index contributed by atoms with van der Waals surface area (Å²) in [6.45, 7) is 7.00. The molecular weight excluding hydrogens is 436 g/mol. The number of anilines is 2. The van der Waals surface area contributed by atoms with Crippen molar-refractivity contribution in [1.82, 2.24) is 0 Å². The molecule has 180 valence electrons. The van der Waals surface area contributed by atoms with Crippen LogP contribution in [0.2, 0.25) is 0 Å². The van der Waals surface area contributed by atoms with Crippen LogP contribution in [0.5, 0.6) is 11.5 Å². The molecule has 0 atom stereocenters. The molecule has 0 aromatic heterocycles. The van der Waals surface area contributed by atoms with E-state index in [0.717, 1.165) is 73.0 Å². The van der Waals surface area contributed by atoms with E-state index in [9.17, 15) is 0 Å². The quantitative estimate of drug-likeness (QED) is 0.430. The molecular formula is C29H32N4O2. The Bertz CT molecular complexity index is 1080. The number of ether oxygens (including phenoxy) is 2. The van der Waals surface area contributed by atoms with Gasteiger partial charge in [-0.05, 0) is 85.5 Å². The summed E-state index contributed by atoms with van der Waals surface area (Å²) in [5, 5.41) is 0. The zero-order valence-electron chi connectivity index (χ0n) is 20.3. The lowest BCUT2D eigenvalue weighted by molar-refractivity contribution is 0.299. The molecule has 0 amide bonds. The van der Waals surface area contributed by atoms with Crippen molar-refractivity contribution < 1.29 is 9.47 Å². The van der Waals surface area contributed by atoms with Gasteiger partial charge in [-0.3, -0.25) is 9.98 Å². The summed E-state index contributed by atoms with van der Waals surface area (Å²) >= 11 is 0. The van der Waals surface area contributed by atoms with Crippen LogP contribution in [0, 0.1) is 6.92 Å². The van der Waals surface area contributed by atoms with Crippen molar-refractivity contribution >= 4 is 24.1 Å². The lowest BCUT2D eigenvalue weighted by Gasteiger charge is -2.22. The molecule has 2 heterocycles. The first-order valence-electron chi connectivity index (χ1n) is 12.3. The number of aliphatic imine (C=N–C) groups is 2. The number of rotatable bonds is 8. The molecule has 6 heteroatoms. The SMILES string of the molecule is Cc1cc(COc2ccc(N3C=NCCC3)cc2)cc(COc2ccc(N3C=NCCC3)cc2)c1. The van der Waals surface area contributed by atoms with Crippen molar-refractivity contribution in [3.05, 3.63) is 83.4 Å². The zero-order valence-corrected chi connectivity index (χ0v) is 20.3. The van der Waals surface area contributed by atoms with Gasteiger partial charge in [-0.2, -0.15) is 0 Å². The topological polar surface area (TPSA) is 49.7 Å². The van der Waals surface area contributed by atoms with E-state index in [1.807, 2.05) is 36.9 Å². The van der Waals surface area contributed by atoms with Crippen molar-refractivity contribution in [2.45, 2.75) is 33.0 Å². The Labute approximate surface area is 207 Å². The fourth-order valence-electron chi connectivity index (χ4n) is 4.40. The number of hydrogen-bond donors (Lipinski definition) is 0. The van der Waals surface area contributed by atoms with Gasteiger partial charge in [0, 0.05) is 37.6 Å². The molecule has 0 bridgehead atoms. The maximum Gasteiger partial charge on any atom is 0.119 e. The lowest BCUT2D eigenvalue weighted by Crippen LogP contribution is -2.26. The van der Waals surface area contributed by atoms with Gasteiger partial charge in [0.15, 0.2) is 0 Å². The minimum absolute atomic E-state index is 0.519. The number of aryl methyl sites for hydroxylation is 1. The molecule has 0 fully saturated rings. The summed E-state index contributed by atoms with van der Waals surface area (Å²) in [4.78, 5) is 13.1. The van der Waals surface area contributed by atoms with Gasteiger partial charge in [-0.15, -0.1) is 0 Å². The Hall–Kier alpha value is -3.80. The minimum atomic E-state index is 0.519. The highest BCUT2D eigenvalue weighted by molar-refractivity contribution is 5.80. The Balaban J connectivity index is 1.16. The van der Waals surface area contributed by atoms with Gasteiger partial charge in [0.25, 0.3) is 0 Å². The molecule has 6 nitrogen and oxygen atoms in total. The van der Waals surface area contributed by atoms with Crippen LogP contribution in [0.15, 0.2) is 76.7 Å². The lowest BCUT2D eigenvalue weighted by atomic mass is 10.1. The van der Waals surface area contributed by atoms with Crippen LogP contribution in [0.4, 0.5) is 11.4 Å². The van der Waals surface area contributed by atoms with Crippen LogP contribution in [0.1, 0.15) is 29.5 Å². The van der Waals surface area contributed by atoms with Crippen molar-refractivity contribution in [1.29, 1.82) is 0 Å². The first-order chi connectivity index (χ1) is 17.2. The molecule has 0 unspecified atom stereocenters.